The van der Waals surface area contributed by atoms with E-state index in [0.29, 0.717) is 24.5 Å². The summed E-state index contributed by atoms with van der Waals surface area (Å²) in [6.45, 7) is 4.14. The lowest BCUT2D eigenvalue weighted by Gasteiger charge is -2.23. The highest BCUT2D eigenvalue weighted by atomic mass is 35.5. The number of nitrogens with one attached hydrogen (secondary N) is 1. The quantitative estimate of drug-likeness (QED) is 0.881. The molecule has 0 radical (unpaired) electrons. The number of Topliss-reactive ketones (excluding diaryl/α,β-unsaturated/α-hetero) is 1. The molecule has 1 aromatic heterocycles. The standard InChI is InChI=1S/C13H20ClN3O2/c1-3-11-13(14)12(17(2)16-11)7-10(18)6-9-8-19-5-4-15-9/h9,15H,3-8H2,1-2H3. The molecule has 0 saturated carbocycles. The first-order valence-electron chi connectivity index (χ1n) is 6.64. The van der Waals surface area contributed by atoms with E-state index in [0.717, 1.165) is 31.0 Å². The first-order chi connectivity index (χ1) is 9.11. The number of morpholine rings is 1. The third-order valence-electron chi connectivity index (χ3n) is 3.34. The van der Waals surface area contributed by atoms with Gasteiger partial charge in [-0.1, -0.05) is 18.5 Å². The van der Waals surface area contributed by atoms with Gasteiger partial charge in [0.1, 0.15) is 5.78 Å². The Labute approximate surface area is 118 Å². The largest absolute Gasteiger partial charge is 0.379 e. The van der Waals surface area contributed by atoms with Crippen molar-refractivity contribution in [2.75, 3.05) is 19.8 Å². The van der Waals surface area contributed by atoms with Crippen LogP contribution >= 0.6 is 11.6 Å². The van der Waals surface area contributed by atoms with E-state index in [2.05, 4.69) is 10.4 Å². The second-order valence-corrected chi connectivity index (χ2v) is 5.21. The minimum atomic E-state index is 0.124. The predicted molar refractivity (Wildman–Crippen MR) is 73.5 cm³/mol. The van der Waals surface area contributed by atoms with Gasteiger partial charge in [0, 0.05) is 32.5 Å². The van der Waals surface area contributed by atoms with Gasteiger partial charge in [0.15, 0.2) is 0 Å². The Morgan fingerprint density at radius 3 is 3.00 bits per heavy atom. The molecule has 0 spiro atoms. The molecule has 19 heavy (non-hydrogen) atoms. The van der Waals surface area contributed by atoms with Crippen molar-refractivity contribution in [3.63, 3.8) is 0 Å². The van der Waals surface area contributed by atoms with E-state index in [1.807, 2.05) is 14.0 Å². The maximum Gasteiger partial charge on any atom is 0.140 e. The highest BCUT2D eigenvalue weighted by molar-refractivity contribution is 6.32. The fourth-order valence-corrected chi connectivity index (χ4v) is 2.66. The van der Waals surface area contributed by atoms with Crippen LogP contribution in [0.3, 0.4) is 0 Å². The first-order valence-corrected chi connectivity index (χ1v) is 7.02. The van der Waals surface area contributed by atoms with Gasteiger partial charge in [0.05, 0.1) is 29.6 Å². The molecule has 1 fully saturated rings. The normalized spacial score (nSPS) is 19.6. The van der Waals surface area contributed by atoms with E-state index in [1.165, 1.54) is 0 Å². The molecule has 6 heteroatoms. The predicted octanol–water partition coefficient (Wildman–Crippen LogP) is 1.13. The highest BCUT2D eigenvalue weighted by Crippen LogP contribution is 2.21. The van der Waals surface area contributed by atoms with Crippen molar-refractivity contribution in [2.45, 2.75) is 32.2 Å². The van der Waals surface area contributed by atoms with Gasteiger partial charge in [-0.3, -0.25) is 9.48 Å². The zero-order valence-electron chi connectivity index (χ0n) is 11.4. The number of rotatable bonds is 5. The Morgan fingerprint density at radius 1 is 1.63 bits per heavy atom. The smallest absolute Gasteiger partial charge is 0.140 e. The molecule has 2 rings (SSSR count). The molecule has 1 aromatic rings. The average molecular weight is 286 g/mol. The Morgan fingerprint density at radius 2 is 2.42 bits per heavy atom. The molecule has 5 nitrogen and oxygen atoms in total. The van der Waals surface area contributed by atoms with E-state index in [9.17, 15) is 4.79 Å². The van der Waals surface area contributed by atoms with Crippen LogP contribution < -0.4 is 5.32 Å². The van der Waals surface area contributed by atoms with E-state index >= 15 is 0 Å². The minimum absolute atomic E-state index is 0.124. The fraction of sp³-hybridized carbons (Fsp3) is 0.692. The Bertz CT molecular complexity index is 453. The van der Waals surface area contributed by atoms with Crippen molar-refractivity contribution >= 4 is 17.4 Å². The second kappa shape index (κ2) is 6.50. The van der Waals surface area contributed by atoms with Crippen LogP contribution in [0, 0.1) is 0 Å². The third kappa shape index (κ3) is 3.55. The molecule has 0 aliphatic carbocycles. The molecule has 106 valence electrons. The monoisotopic (exact) mass is 285 g/mol. The lowest BCUT2D eigenvalue weighted by molar-refractivity contribution is -0.119. The maximum absolute atomic E-state index is 12.1. The van der Waals surface area contributed by atoms with Crippen LogP contribution in [0.4, 0.5) is 0 Å². The molecule has 2 heterocycles. The lowest BCUT2D eigenvalue weighted by Crippen LogP contribution is -2.42. The van der Waals surface area contributed by atoms with Crippen LogP contribution in [0.25, 0.3) is 0 Å². The van der Waals surface area contributed by atoms with Crippen molar-refractivity contribution in [3.05, 3.63) is 16.4 Å². The van der Waals surface area contributed by atoms with Gasteiger partial charge in [0.25, 0.3) is 0 Å². The molecule has 0 amide bonds. The SMILES string of the molecule is CCc1nn(C)c(CC(=O)CC2COCCN2)c1Cl. The summed E-state index contributed by atoms with van der Waals surface area (Å²) in [7, 11) is 1.83. The third-order valence-corrected chi connectivity index (χ3v) is 3.78. The van der Waals surface area contributed by atoms with E-state index in [-0.39, 0.29) is 11.8 Å². The minimum Gasteiger partial charge on any atom is -0.379 e. The summed E-state index contributed by atoms with van der Waals surface area (Å²) in [6.07, 6.45) is 1.59. The summed E-state index contributed by atoms with van der Waals surface area (Å²) in [5.41, 5.74) is 1.66. The molecule has 0 aromatic carbocycles. The maximum atomic E-state index is 12.1. The summed E-state index contributed by atoms with van der Waals surface area (Å²) < 4.78 is 7.06. The van der Waals surface area contributed by atoms with Crippen molar-refractivity contribution in [1.29, 1.82) is 0 Å². The topological polar surface area (TPSA) is 56.2 Å². The Kier molecular flexibility index (Phi) is 4.96. The van der Waals surface area contributed by atoms with Crippen molar-refractivity contribution < 1.29 is 9.53 Å². The molecule has 1 saturated heterocycles. The van der Waals surface area contributed by atoms with Crippen LogP contribution in [0.15, 0.2) is 0 Å². The van der Waals surface area contributed by atoms with Crippen LogP contribution in [-0.2, 0) is 29.4 Å². The molecule has 1 N–H and O–H groups in total. The lowest BCUT2D eigenvalue weighted by atomic mass is 10.1. The number of aromatic nitrogens is 2. The molecule has 1 aliphatic heterocycles. The number of nitrogens with zero attached hydrogens (tertiary/aromatic N) is 2. The zero-order valence-corrected chi connectivity index (χ0v) is 12.2. The average Bonchev–Trinajstić information content (AvgIpc) is 2.67. The van der Waals surface area contributed by atoms with Crippen LogP contribution in [-0.4, -0.2) is 41.4 Å². The second-order valence-electron chi connectivity index (χ2n) is 4.83. The van der Waals surface area contributed by atoms with E-state index < -0.39 is 0 Å². The van der Waals surface area contributed by atoms with Gasteiger partial charge in [-0.2, -0.15) is 5.10 Å². The van der Waals surface area contributed by atoms with E-state index in [1.54, 1.807) is 4.68 Å². The van der Waals surface area contributed by atoms with Crippen molar-refractivity contribution in [1.82, 2.24) is 15.1 Å². The number of ketones is 1. The van der Waals surface area contributed by atoms with Crippen LogP contribution in [0.2, 0.25) is 5.02 Å². The van der Waals surface area contributed by atoms with Gasteiger partial charge < -0.3 is 10.1 Å². The molecule has 1 atom stereocenters. The number of hydrogen-bond donors (Lipinski definition) is 1. The summed E-state index contributed by atoms with van der Waals surface area (Å²) >= 11 is 6.24. The molecule has 0 bridgehead atoms. The first kappa shape index (κ1) is 14.5. The zero-order chi connectivity index (χ0) is 13.8. The fourth-order valence-electron chi connectivity index (χ4n) is 2.30. The van der Waals surface area contributed by atoms with Crippen LogP contribution in [0.1, 0.15) is 24.7 Å². The number of aryl methyl sites for hydroxylation is 2. The number of hydrogen-bond acceptors (Lipinski definition) is 4. The Hall–Kier alpha value is -0.910. The van der Waals surface area contributed by atoms with E-state index in [4.69, 9.17) is 16.3 Å². The van der Waals surface area contributed by atoms with Gasteiger partial charge in [0.2, 0.25) is 0 Å². The number of carbonyl (C=O) groups excluding carboxylic acids is 1. The molecular formula is C13H20ClN3O2. The van der Waals surface area contributed by atoms with Gasteiger partial charge in [-0.05, 0) is 6.42 Å². The summed E-state index contributed by atoms with van der Waals surface area (Å²) in [4.78, 5) is 12.1. The molecule has 1 aliphatic rings. The number of ether oxygens (including phenoxy) is 1. The van der Waals surface area contributed by atoms with Crippen molar-refractivity contribution in [2.24, 2.45) is 7.05 Å². The van der Waals surface area contributed by atoms with Crippen molar-refractivity contribution in [3.8, 4) is 0 Å². The number of carbonyl (C=O) groups is 1. The Balaban J connectivity index is 1.96. The number of halogens is 1. The molecular weight excluding hydrogens is 266 g/mol. The summed E-state index contributed by atoms with van der Waals surface area (Å²) in [6, 6.07) is 0.124. The van der Waals surface area contributed by atoms with Gasteiger partial charge >= 0.3 is 0 Å². The summed E-state index contributed by atoms with van der Waals surface area (Å²) in [5.74, 6) is 0.163. The highest BCUT2D eigenvalue weighted by Gasteiger charge is 2.20. The summed E-state index contributed by atoms with van der Waals surface area (Å²) in [5, 5.41) is 8.23. The van der Waals surface area contributed by atoms with Gasteiger partial charge in [-0.15, -0.1) is 0 Å². The van der Waals surface area contributed by atoms with Crippen LogP contribution in [0.5, 0.6) is 0 Å². The molecule has 1 unspecified atom stereocenters. The van der Waals surface area contributed by atoms with Gasteiger partial charge in [-0.25, -0.2) is 0 Å².